The first-order valence-electron chi connectivity index (χ1n) is 5.77. The third kappa shape index (κ3) is 3.28. The molecule has 2 rings (SSSR count). The monoisotopic (exact) mass is 300 g/mol. The Labute approximate surface area is 108 Å². The van der Waals surface area contributed by atoms with E-state index in [4.69, 9.17) is 4.74 Å². The molecule has 92 valence electrons. The van der Waals surface area contributed by atoms with Crippen LogP contribution in [0.1, 0.15) is 25.7 Å². The molecule has 2 nitrogen and oxygen atoms in total. The van der Waals surface area contributed by atoms with Crippen molar-refractivity contribution in [1.29, 1.82) is 0 Å². The first-order valence-corrected chi connectivity index (χ1v) is 6.56. The zero-order chi connectivity index (χ0) is 12.3. The highest BCUT2D eigenvalue weighted by molar-refractivity contribution is 9.10. The van der Waals surface area contributed by atoms with Gasteiger partial charge in [-0.2, -0.15) is 0 Å². The maximum Gasteiger partial charge on any atom is 0.173 e. The number of carbonyl (C=O) groups excluding carboxylic acids is 1. The number of halogens is 2. The number of Topliss-reactive ketones (excluding diaryl/α,β-unsaturated/α-hetero) is 1. The lowest BCUT2D eigenvalue weighted by molar-refractivity contribution is -0.124. The molecule has 0 saturated heterocycles. The van der Waals surface area contributed by atoms with E-state index < -0.39 is 5.82 Å². The van der Waals surface area contributed by atoms with Gasteiger partial charge in [0.25, 0.3) is 0 Å². The van der Waals surface area contributed by atoms with Crippen LogP contribution in [-0.2, 0) is 4.79 Å². The molecule has 0 atom stereocenters. The molecule has 0 bridgehead atoms. The number of rotatable bonds is 4. The SMILES string of the molecule is O=C(COc1ccc(Br)cc1F)C1CCCC1. The van der Waals surface area contributed by atoms with Crippen LogP contribution in [-0.4, -0.2) is 12.4 Å². The molecule has 1 aliphatic rings. The highest BCUT2D eigenvalue weighted by Crippen LogP contribution is 2.26. The van der Waals surface area contributed by atoms with Crippen molar-refractivity contribution >= 4 is 21.7 Å². The quantitative estimate of drug-likeness (QED) is 0.847. The molecule has 1 aliphatic carbocycles. The molecule has 1 saturated carbocycles. The summed E-state index contributed by atoms with van der Waals surface area (Å²) in [5.74, 6) is -0.100. The molecular formula is C13H14BrFO2. The normalized spacial score (nSPS) is 16.1. The van der Waals surface area contributed by atoms with Gasteiger partial charge in [0.15, 0.2) is 17.3 Å². The van der Waals surface area contributed by atoms with Crippen molar-refractivity contribution in [3.8, 4) is 5.75 Å². The minimum atomic E-state index is -0.446. The fraction of sp³-hybridized carbons (Fsp3) is 0.462. The van der Waals surface area contributed by atoms with E-state index in [1.807, 2.05) is 0 Å². The number of carbonyl (C=O) groups is 1. The Bertz CT molecular complexity index is 414. The number of ketones is 1. The van der Waals surface area contributed by atoms with E-state index in [0.717, 1.165) is 25.7 Å². The molecule has 0 aliphatic heterocycles. The molecule has 1 aromatic carbocycles. The van der Waals surface area contributed by atoms with Gasteiger partial charge < -0.3 is 4.74 Å². The fourth-order valence-electron chi connectivity index (χ4n) is 2.11. The standard InChI is InChI=1S/C13H14BrFO2/c14-10-5-6-13(11(15)7-10)17-8-12(16)9-3-1-2-4-9/h5-7,9H,1-4,8H2. The van der Waals surface area contributed by atoms with Crippen LogP contribution >= 0.6 is 15.9 Å². The van der Waals surface area contributed by atoms with E-state index in [1.165, 1.54) is 12.1 Å². The minimum absolute atomic E-state index is 0.0246. The molecule has 0 heterocycles. The number of hydrogen-bond acceptors (Lipinski definition) is 2. The summed E-state index contributed by atoms with van der Waals surface area (Å²) < 4.78 is 19.3. The Kier molecular flexibility index (Phi) is 4.15. The van der Waals surface area contributed by atoms with Gasteiger partial charge in [0, 0.05) is 10.4 Å². The molecule has 0 amide bonds. The van der Waals surface area contributed by atoms with Crippen molar-refractivity contribution in [2.75, 3.05) is 6.61 Å². The van der Waals surface area contributed by atoms with Gasteiger partial charge in [0.2, 0.25) is 0 Å². The molecule has 0 radical (unpaired) electrons. The van der Waals surface area contributed by atoms with Crippen molar-refractivity contribution in [1.82, 2.24) is 0 Å². The highest BCUT2D eigenvalue weighted by Gasteiger charge is 2.23. The van der Waals surface area contributed by atoms with Crippen molar-refractivity contribution in [2.24, 2.45) is 5.92 Å². The molecule has 1 fully saturated rings. The van der Waals surface area contributed by atoms with E-state index in [1.54, 1.807) is 6.07 Å². The first kappa shape index (κ1) is 12.6. The van der Waals surface area contributed by atoms with Crippen LogP contribution in [0.5, 0.6) is 5.75 Å². The fourth-order valence-corrected chi connectivity index (χ4v) is 2.44. The molecule has 4 heteroatoms. The molecule has 0 aromatic heterocycles. The second kappa shape index (κ2) is 5.63. The molecule has 17 heavy (non-hydrogen) atoms. The van der Waals surface area contributed by atoms with E-state index in [0.29, 0.717) is 4.47 Å². The molecule has 0 unspecified atom stereocenters. The average Bonchev–Trinajstić information content (AvgIpc) is 2.81. The van der Waals surface area contributed by atoms with Crippen LogP contribution in [0.15, 0.2) is 22.7 Å². The van der Waals surface area contributed by atoms with Crippen LogP contribution in [0.3, 0.4) is 0 Å². The Balaban J connectivity index is 1.90. The van der Waals surface area contributed by atoms with Gasteiger partial charge >= 0.3 is 0 Å². The number of ether oxygens (including phenoxy) is 1. The van der Waals surface area contributed by atoms with Crippen LogP contribution in [0.2, 0.25) is 0 Å². The second-order valence-corrected chi connectivity index (χ2v) is 5.23. The number of benzene rings is 1. The van der Waals surface area contributed by atoms with Crippen molar-refractivity contribution in [3.63, 3.8) is 0 Å². The predicted octanol–water partition coefficient (Wildman–Crippen LogP) is 3.73. The minimum Gasteiger partial charge on any atom is -0.483 e. The third-order valence-electron chi connectivity index (χ3n) is 3.07. The summed E-state index contributed by atoms with van der Waals surface area (Å²) in [5.41, 5.74) is 0. The summed E-state index contributed by atoms with van der Waals surface area (Å²) in [4.78, 5) is 11.7. The van der Waals surface area contributed by atoms with Crippen molar-refractivity contribution in [3.05, 3.63) is 28.5 Å². The Hall–Kier alpha value is -0.900. The van der Waals surface area contributed by atoms with Crippen LogP contribution in [0.25, 0.3) is 0 Å². The van der Waals surface area contributed by atoms with E-state index >= 15 is 0 Å². The van der Waals surface area contributed by atoms with Gasteiger partial charge in [-0.1, -0.05) is 28.8 Å². The highest BCUT2D eigenvalue weighted by atomic mass is 79.9. The smallest absolute Gasteiger partial charge is 0.173 e. The second-order valence-electron chi connectivity index (χ2n) is 4.31. The zero-order valence-corrected chi connectivity index (χ0v) is 11.0. The Morgan fingerprint density at radius 1 is 1.41 bits per heavy atom. The summed E-state index contributed by atoms with van der Waals surface area (Å²) in [6, 6.07) is 4.55. The Morgan fingerprint density at radius 3 is 2.76 bits per heavy atom. The van der Waals surface area contributed by atoms with E-state index in [-0.39, 0.29) is 24.1 Å². The third-order valence-corrected chi connectivity index (χ3v) is 3.57. The van der Waals surface area contributed by atoms with E-state index in [9.17, 15) is 9.18 Å². The van der Waals surface area contributed by atoms with Crippen molar-refractivity contribution in [2.45, 2.75) is 25.7 Å². The summed E-state index contributed by atoms with van der Waals surface area (Å²) in [5, 5.41) is 0. The van der Waals surface area contributed by atoms with E-state index in [2.05, 4.69) is 15.9 Å². The van der Waals surface area contributed by atoms with Gasteiger partial charge in [-0.05, 0) is 31.0 Å². The average molecular weight is 301 g/mol. The lowest BCUT2D eigenvalue weighted by Gasteiger charge is -2.10. The largest absolute Gasteiger partial charge is 0.483 e. The molecular weight excluding hydrogens is 287 g/mol. The van der Waals surface area contributed by atoms with Gasteiger partial charge in [-0.15, -0.1) is 0 Å². The maximum absolute atomic E-state index is 13.4. The lowest BCUT2D eigenvalue weighted by atomic mass is 10.0. The van der Waals surface area contributed by atoms with Gasteiger partial charge in [0.05, 0.1) is 0 Å². The van der Waals surface area contributed by atoms with Gasteiger partial charge in [-0.3, -0.25) is 4.79 Å². The van der Waals surface area contributed by atoms with Crippen molar-refractivity contribution < 1.29 is 13.9 Å². The van der Waals surface area contributed by atoms with Crippen LogP contribution in [0.4, 0.5) is 4.39 Å². The molecule has 0 N–H and O–H groups in total. The summed E-state index contributed by atoms with van der Waals surface area (Å²) in [7, 11) is 0. The van der Waals surface area contributed by atoms with Gasteiger partial charge in [-0.25, -0.2) is 4.39 Å². The molecule has 1 aromatic rings. The zero-order valence-electron chi connectivity index (χ0n) is 9.42. The lowest BCUT2D eigenvalue weighted by Crippen LogP contribution is -2.19. The van der Waals surface area contributed by atoms with Gasteiger partial charge in [0.1, 0.15) is 6.61 Å². The maximum atomic E-state index is 13.4. The predicted molar refractivity (Wildman–Crippen MR) is 66.6 cm³/mol. The number of hydrogen-bond donors (Lipinski definition) is 0. The van der Waals surface area contributed by atoms with Crippen LogP contribution in [0, 0.1) is 11.7 Å². The summed E-state index contributed by atoms with van der Waals surface area (Å²) in [6.45, 7) is -0.0246. The molecule has 0 spiro atoms. The first-order chi connectivity index (χ1) is 8.16. The topological polar surface area (TPSA) is 26.3 Å². The summed E-state index contributed by atoms with van der Waals surface area (Å²) in [6.07, 6.45) is 4.13. The summed E-state index contributed by atoms with van der Waals surface area (Å²) >= 11 is 3.17. The Morgan fingerprint density at radius 2 is 2.12 bits per heavy atom. The van der Waals surface area contributed by atoms with Crippen LogP contribution < -0.4 is 4.74 Å².